The Balaban J connectivity index is 0.000000216. The van der Waals surface area contributed by atoms with E-state index in [4.69, 9.17) is 14.2 Å². The Kier molecular flexibility index (Phi) is 16.7. The molecular formula is C47H77NO4. The van der Waals surface area contributed by atoms with Crippen LogP contribution in [-0.4, -0.2) is 58.3 Å². The number of fused-ring (bicyclic) bond motifs is 6. The summed E-state index contributed by atoms with van der Waals surface area (Å²) in [7, 11) is 7.03. The van der Waals surface area contributed by atoms with Crippen LogP contribution in [0.2, 0.25) is 0 Å². The van der Waals surface area contributed by atoms with Crippen molar-refractivity contribution < 1.29 is 19.3 Å². The molecule has 9 unspecified atom stereocenters. The van der Waals surface area contributed by atoms with Crippen molar-refractivity contribution in [3.63, 3.8) is 0 Å². The number of hydrogen-bond acceptors (Lipinski definition) is 5. The molecule has 5 nitrogen and oxygen atoms in total. The first kappa shape index (κ1) is 43.0. The molecule has 4 aliphatic rings. The first-order valence-corrected chi connectivity index (χ1v) is 20.9. The molecule has 5 heteroatoms. The van der Waals surface area contributed by atoms with Crippen LogP contribution in [0.4, 0.5) is 0 Å². The molecule has 2 aromatic rings. The third-order valence-corrected chi connectivity index (χ3v) is 14.6. The van der Waals surface area contributed by atoms with Crippen LogP contribution in [0, 0.1) is 52.3 Å². The average Bonchev–Trinajstić information content (AvgIpc) is 3.51. The molecule has 294 valence electrons. The smallest absolute Gasteiger partial charge is 0.0893 e. The fraction of sp³-hybridized carbons (Fsp3) is 0.745. The van der Waals surface area contributed by atoms with Gasteiger partial charge in [-0.3, -0.25) is 0 Å². The van der Waals surface area contributed by atoms with Crippen LogP contribution in [0.25, 0.3) is 10.8 Å². The molecule has 52 heavy (non-hydrogen) atoms. The zero-order chi connectivity index (χ0) is 37.9. The second-order valence-electron chi connectivity index (χ2n) is 18.0. The monoisotopic (exact) mass is 720 g/mol. The summed E-state index contributed by atoms with van der Waals surface area (Å²) in [4.78, 5) is 0. The summed E-state index contributed by atoms with van der Waals surface area (Å²) in [5.74, 6) is 6.79. The summed E-state index contributed by atoms with van der Waals surface area (Å²) in [5.41, 5.74) is 2.48. The third-order valence-electron chi connectivity index (χ3n) is 14.6. The highest BCUT2D eigenvalue weighted by molar-refractivity contribution is 5.82. The van der Waals surface area contributed by atoms with E-state index in [0.29, 0.717) is 30.1 Å². The van der Waals surface area contributed by atoms with Gasteiger partial charge in [-0.25, -0.2) is 0 Å². The molecule has 2 N–H and O–H groups in total. The van der Waals surface area contributed by atoms with E-state index in [1.807, 2.05) is 7.11 Å². The first-order chi connectivity index (χ1) is 24.9. The quantitative estimate of drug-likeness (QED) is 0.202. The van der Waals surface area contributed by atoms with Crippen molar-refractivity contribution in [1.29, 1.82) is 0 Å². The second kappa shape index (κ2) is 20.2. The van der Waals surface area contributed by atoms with E-state index in [9.17, 15) is 5.11 Å². The molecule has 0 aliphatic heterocycles. The minimum atomic E-state index is -0.537. The van der Waals surface area contributed by atoms with Crippen LogP contribution in [0.3, 0.4) is 0 Å². The van der Waals surface area contributed by atoms with Gasteiger partial charge in [0.05, 0.1) is 31.5 Å². The van der Waals surface area contributed by atoms with E-state index in [1.54, 1.807) is 21.3 Å². The first-order valence-electron chi connectivity index (χ1n) is 20.9. The molecule has 4 fully saturated rings. The Morgan fingerprint density at radius 3 is 2.23 bits per heavy atom. The van der Waals surface area contributed by atoms with E-state index in [0.717, 1.165) is 41.4 Å². The topological polar surface area (TPSA) is 60.0 Å². The lowest BCUT2D eigenvalue weighted by Gasteiger charge is -2.61. The van der Waals surface area contributed by atoms with Gasteiger partial charge >= 0.3 is 0 Å². The molecule has 0 heterocycles. The van der Waals surface area contributed by atoms with Gasteiger partial charge in [-0.2, -0.15) is 0 Å². The summed E-state index contributed by atoms with van der Waals surface area (Å²) >= 11 is 0. The van der Waals surface area contributed by atoms with Crippen LogP contribution in [0.1, 0.15) is 117 Å². The fourth-order valence-electron chi connectivity index (χ4n) is 11.6. The van der Waals surface area contributed by atoms with Gasteiger partial charge in [-0.1, -0.05) is 96.4 Å². The maximum atomic E-state index is 9.19. The lowest BCUT2D eigenvalue weighted by atomic mass is 9.44. The predicted octanol–water partition coefficient (Wildman–Crippen LogP) is 10.9. The number of aliphatic hydroxyl groups is 1. The van der Waals surface area contributed by atoms with Crippen molar-refractivity contribution in [1.82, 2.24) is 5.32 Å². The van der Waals surface area contributed by atoms with Crippen LogP contribution < -0.4 is 5.32 Å². The lowest BCUT2D eigenvalue weighted by Crippen LogP contribution is -2.54. The van der Waals surface area contributed by atoms with Crippen molar-refractivity contribution in [2.24, 2.45) is 52.3 Å². The van der Waals surface area contributed by atoms with Crippen molar-refractivity contribution in [3.8, 4) is 0 Å². The average molecular weight is 720 g/mol. The Bertz CT molecular complexity index is 1350. The Morgan fingerprint density at radius 2 is 1.58 bits per heavy atom. The summed E-state index contributed by atoms with van der Waals surface area (Å²) < 4.78 is 15.7. The molecule has 0 radical (unpaired) electrons. The maximum absolute atomic E-state index is 9.19. The number of likely N-dealkylation sites (N-methyl/N-ethyl adjacent to an activating group) is 1. The van der Waals surface area contributed by atoms with Gasteiger partial charge in [0.25, 0.3) is 0 Å². The number of aliphatic hydroxyl groups excluding tert-OH is 1. The Hall–Kier alpha value is -1.76. The molecule has 0 aromatic heterocycles. The molecular weight excluding hydrogens is 643 g/mol. The third kappa shape index (κ3) is 10.3. The zero-order valence-electron chi connectivity index (χ0n) is 34.7. The summed E-state index contributed by atoms with van der Waals surface area (Å²) in [6.07, 6.45) is 19.0. The maximum Gasteiger partial charge on any atom is 0.0893 e. The Labute approximate surface area is 319 Å². The molecule has 0 spiro atoms. The van der Waals surface area contributed by atoms with Gasteiger partial charge in [0.1, 0.15) is 0 Å². The van der Waals surface area contributed by atoms with E-state index < -0.39 is 6.10 Å². The molecule has 4 saturated carbocycles. The van der Waals surface area contributed by atoms with Crippen LogP contribution in [0.15, 0.2) is 55.1 Å². The summed E-state index contributed by atoms with van der Waals surface area (Å²) in [6.45, 7) is 17.5. The normalized spacial score (nSPS) is 32.6. The highest BCUT2D eigenvalue weighted by Crippen LogP contribution is 2.68. The largest absolute Gasteiger partial charge is 0.387 e. The highest BCUT2D eigenvalue weighted by Gasteiger charge is 2.60. The number of methoxy groups -OCH3 is 3. The highest BCUT2D eigenvalue weighted by atomic mass is 16.5. The van der Waals surface area contributed by atoms with Gasteiger partial charge in [-0.05, 0) is 139 Å². The Morgan fingerprint density at radius 1 is 0.865 bits per heavy atom. The summed E-state index contributed by atoms with van der Waals surface area (Å²) in [6, 6.07) is 14.7. The SMILES string of the molecule is C=CC(O)C(COC)NC.COC1CCC2(C)C3CCC4(C)C(CCC4[C@H](C)CCCC(C)C)C3CC[C@H]2C1.COCc1ccc2ccccc2c1. The molecule has 4 aliphatic carbocycles. The zero-order valence-corrected chi connectivity index (χ0v) is 34.7. The van der Waals surface area contributed by atoms with Crippen molar-refractivity contribution in [3.05, 3.63) is 60.7 Å². The lowest BCUT2D eigenvalue weighted by molar-refractivity contribution is -0.133. The van der Waals surface area contributed by atoms with Gasteiger partial charge in [0.15, 0.2) is 0 Å². The standard InChI is InChI=1S/C28H50O.C12H12O.C7H15NO2/c1-19(2)8-7-9-20(3)24-12-13-25-23-11-10-21-18-22(29-6)14-16-27(21,4)26(23)15-17-28(24,25)5;1-13-9-10-6-7-11-4-2-3-5-12(11)8-10;1-4-7(9)6(8-2)5-10-3/h19-26H,7-18H2,1-6H3;2-8H,9H2,1H3;4,6-9H,1,5H2,2-3H3/t20-,21+,22?,23?,24?,25?,26?,27?,28?;;/m1../s1. The molecule has 2 aromatic carbocycles. The molecule has 11 atom stereocenters. The van der Waals surface area contributed by atoms with Crippen LogP contribution in [-0.2, 0) is 20.8 Å². The van der Waals surface area contributed by atoms with Gasteiger partial charge < -0.3 is 24.6 Å². The second-order valence-corrected chi connectivity index (χ2v) is 18.0. The number of rotatable bonds is 13. The predicted molar refractivity (Wildman–Crippen MR) is 219 cm³/mol. The number of ether oxygens (including phenoxy) is 3. The molecule has 0 bridgehead atoms. The number of hydrogen-bond donors (Lipinski definition) is 2. The molecule has 6 rings (SSSR count). The van der Waals surface area contributed by atoms with Crippen LogP contribution in [0.5, 0.6) is 0 Å². The molecule has 0 amide bonds. The van der Waals surface area contributed by atoms with E-state index in [1.165, 1.54) is 99.5 Å². The summed E-state index contributed by atoms with van der Waals surface area (Å²) in [5, 5.41) is 14.7. The van der Waals surface area contributed by atoms with Gasteiger partial charge in [-0.15, -0.1) is 6.58 Å². The van der Waals surface area contributed by atoms with Crippen molar-refractivity contribution in [2.45, 2.75) is 137 Å². The molecule has 0 saturated heterocycles. The van der Waals surface area contributed by atoms with Crippen molar-refractivity contribution in [2.75, 3.05) is 35.0 Å². The minimum Gasteiger partial charge on any atom is -0.387 e. The number of benzene rings is 2. The van der Waals surface area contributed by atoms with Gasteiger partial charge in [0, 0.05) is 21.3 Å². The number of nitrogens with one attached hydrogen (secondary N) is 1. The van der Waals surface area contributed by atoms with E-state index in [-0.39, 0.29) is 6.04 Å². The van der Waals surface area contributed by atoms with E-state index in [2.05, 4.69) is 89.0 Å². The minimum absolute atomic E-state index is 0.0532. The van der Waals surface area contributed by atoms with E-state index >= 15 is 0 Å². The van der Waals surface area contributed by atoms with Gasteiger partial charge in [0.2, 0.25) is 0 Å². The fourth-order valence-corrected chi connectivity index (χ4v) is 11.6. The van der Waals surface area contributed by atoms with Crippen LogP contribution >= 0.6 is 0 Å². The van der Waals surface area contributed by atoms with Crippen molar-refractivity contribution >= 4 is 10.8 Å².